The molecule has 0 radical (unpaired) electrons. The molecule has 2 atom stereocenters. The smallest absolute Gasteiger partial charge is 0.254 e. The van der Waals surface area contributed by atoms with Gasteiger partial charge in [-0.05, 0) is 50.8 Å². The molecule has 0 spiro atoms. The highest BCUT2D eigenvalue weighted by atomic mass is 16.5. The van der Waals surface area contributed by atoms with Crippen LogP contribution in [0.25, 0.3) is 0 Å². The van der Waals surface area contributed by atoms with Crippen molar-refractivity contribution in [2.45, 2.75) is 32.7 Å². The number of ether oxygens (including phenoxy) is 2. The number of benzene rings is 1. The lowest BCUT2D eigenvalue weighted by Crippen LogP contribution is -2.45. The van der Waals surface area contributed by atoms with Crippen molar-refractivity contribution in [2.75, 3.05) is 26.8 Å². The van der Waals surface area contributed by atoms with E-state index in [2.05, 4.69) is 0 Å². The lowest BCUT2D eigenvalue weighted by molar-refractivity contribution is 0.0660. The first-order chi connectivity index (χ1) is 10.6. The van der Waals surface area contributed by atoms with Crippen LogP contribution in [-0.2, 0) is 0 Å². The van der Waals surface area contributed by atoms with Gasteiger partial charge in [0.15, 0.2) is 11.5 Å². The summed E-state index contributed by atoms with van der Waals surface area (Å²) < 4.78 is 10.8. The monoisotopic (exact) mass is 306 g/mol. The Kier molecular flexibility index (Phi) is 5.66. The summed E-state index contributed by atoms with van der Waals surface area (Å²) in [6.07, 6.45) is 2.10. The van der Waals surface area contributed by atoms with E-state index in [1.165, 1.54) is 0 Å². The molecule has 1 aliphatic rings. The topological polar surface area (TPSA) is 64.8 Å². The summed E-state index contributed by atoms with van der Waals surface area (Å²) >= 11 is 0. The summed E-state index contributed by atoms with van der Waals surface area (Å²) in [5.74, 6) is 1.66. The van der Waals surface area contributed by atoms with Crippen molar-refractivity contribution in [1.29, 1.82) is 0 Å². The van der Waals surface area contributed by atoms with Gasteiger partial charge in [0.2, 0.25) is 0 Å². The minimum Gasteiger partial charge on any atom is -0.493 e. The second-order valence-corrected chi connectivity index (χ2v) is 5.81. The van der Waals surface area contributed by atoms with Crippen molar-refractivity contribution in [3.05, 3.63) is 23.8 Å². The average molecular weight is 306 g/mol. The molecule has 1 fully saturated rings. The Morgan fingerprint density at radius 2 is 2.23 bits per heavy atom. The lowest BCUT2D eigenvalue weighted by atomic mass is 9.92. The van der Waals surface area contributed by atoms with Crippen molar-refractivity contribution < 1.29 is 14.3 Å². The Morgan fingerprint density at radius 1 is 1.45 bits per heavy atom. The van der Waals surface area contributed by atoms with E-state index in [-0.39, 0.29) is 11.9 Å². The lowest BCUT2D eigenvalue weighted by Gasteiger charge is -2.34. The van der Waals surface area contributed by atoms with Gasteiger partial charge in [-0.3, -0.25) is 4.79 Å². The molecule has 122 valence electrons. The van der Waals surface area contributed by atoms with Gasteiger partial charge in [0.25, 0.3) is 5.91 Å². The van der Waals surface area contributed by atoms with Gasteiger partial charge in [-0.15, -0.1) is 0 Å². The third-order valence-electron chi connectivity index (χ3n) is 4.20. The number of methoxy groups -OCH3 is 1. The predicted molar refractivity (Wildman–Crippen MR) is 86.4 cm³/mol. The molecule has 1 aromatic carbocycles. The third-order valence-corrected chi connectivity index (χ3v) is 4.20. The van der Waals surface area contributed by atoms with Gasteiger partial charge in [-0.2, -0.15) is 0 Å². The van der Waals surface area contributed by atoms with Gasteiger partial charge < -0.3 is 20.1 Å². The van der Waals surface area contributed by atoms with Crippen LogP contribution in [-0.4, -0.2) is 43.7 Å². The molecular formula is C17H26N2O3. The van der Waals surface area contributed by atoms with E-state index in [1.807, 2.05) is 18.7 Å². The van der Waals surface area contributed by atoms with Gasteiger partial charge in [0.05, 0.1) is 13.7 Å². The molecule has 1 aromatic rings. The highest BCUT2D eigenvalue weighted by Crippen LogP contribution is 2.29. The molecule has 1 heterocycles. The Morgan fingerprint density at radius 3 is 2.86 bits per heavy atom. The minimum absolute atomic E-state index is 0.0340. The van der Waals surface area contributed by atoms with E-state index < -0.39 is 0 Å². The van der Waals surface area contributed by atoms with E-state index in [9.17, 15) is 4.79 Å². The molecular weight excluding hydrogens is 280 g/mol. The number of nitrogens with zero attached hydrogens (tertiary/aromatic N) is 1. The van der Waals surface area contributed by atoms with Crippen LogP contribution in [0.4, 0.5) is 0 Å². The molecule has 0 bridgehead atoms. The van der Waals surface area contributed by atoms with Crippen LogP contribution in [0.1, 0.15) is 37.0 Å². The fraction of sp³-hybridized carbons (Fsp3) is 0.588. The van der Waals surface area contributed by atoms with Crippen LogP contribution in [0.15, 0.2) is 18.2 Å². The Labute approximate surface area is 132 Å². The Balaban J connectivity index is 2.15. The molecule has 1 aliphatic heterocycles. The maximum atomic E-state index is 12.7. The van der Waals surface area contributed by atoms with Crippen LogP contribution in [0, 0.1) is 5.92 Å². The van der Waals surface area contributed by atoms with E-state index in [4.69, 9.17) is 15.2 Å². The van der Waals surface area contributed by atoms with Crippen LogP contribution in [0.2, 0.25) is 0 Å². The van der Waals surface area contributed by atoms with Crippen molar-refractivity contribution >= 4 is 5.91 Å². The summed E-state index contributed by atoms with van der Waals surface area (Å²) in [6.45, 7) is 6.01. The van der Waals surface area contributed by atoms with Crippen molar-refractivity contribution in [1.82, 2.24) is 4.90 Å². The fourth-order valence-electron chi connectivity index (χ4n) is 2.88. The fourth-order valence-corrected chi connectivity index (χ4v) is 2.88. The van der Waals surface area contributed by atoms with E-state index >= 15 is 0 Å². The number of amides is 1. The highest BCUT2D eigenvalue weighted by Gasteiger charge is 2.26. The number of carbonyl (C=O) groups excluding carboxylic acids is 1. The molecule has 0 unspecified atom stereocenters. The molecule has 1 saturated heterocycles. The number of hydrogen-bond donors (Lipinski definition) is 1. The summed E-state index contributed by atoms with van der Waals surface area (Å²) in [5.41, 5.74) is 6.62. The van der Waals surface area contributed by atoms with Gasteiger partial charge >= 0.3 is 0 Å². The predicted octanol–water partition coefficient (Wildman–Crippen LogP) is 2.29. The number of rotatable bonds is 5. The molecule has 5 heteroatoms. The third kappa shape index (κ3) is 3.71. The maximum Gasteiger partial charge on any atom is 0.254 e. The largest absolute Gasteiger partial charge is 0.493 e. The van der Waals surface area contributed by atoms with Crippen molar-refractivity contribution in [2.24, 2.45) is 11.7 Å². The van der Waals surface area contributed by atoms with E-state index in [0.29, 0.717) is 29.6 Å². The standard InChI is InChI=1S/C17H26N2O3/c1-4-22-15-8-7-13(10-16(15)21-3)17(20)19-9-5-6-14(11-19)12(2)18/h7-8,10,12,14H,4-6,9,11,18H2,1-3H3/t12-,14-/m0/s1. The Bertz CT molecular complexity index is 517. The maximum absolute atomic E-state index is 12.7. The molecule has 2 rings (SSSR count). The second-order valence-electron chi connectivity index (χ2n) is 5.81. The molecule has 5 nitrogen and oxygen atoms in total. The quantitative estimate of drug-likeness (QED) is 0.906. The summed E-state index contributed by atoms with van der Waals surface area (Å²) in [4.78, 5) is 14.6. The SMILES string of the molecule is CCOc1ccc(C(=O)N2CCC[C@H]([C@H](C)N)C2)cc1OC. The number of carbonyl (C=O) groups is 1. The first-order valence-corrected chi connectivity index (χ1v) is 7.92. The van der Waals surface area contributed by atoms with Crippen molar-refractivity contribution in [3.63, 3.8) is 0 Å². The second kappa shape index (κ2) is 7.49. The zero-order valence-corrected chi connectivity index (χ0v) is 13.7. The first kappa shape index (κ1) is 16.6. The minimum atomic E-state index is 0.0340. The zero-order chi connectivity index (χ0) is 16.1. The molecule has 0 aliphatic carbocycles. The molecule has 0 saturated carbocycles. The van der Waals surface area contributed by atoms with Crippen LogP contribution >= 0.6 is 0 Å². The molecule has 2 N–H and O–H groups in total. The van der Waals surface area contributed by atoms with Crippen LogP contribution in [0.3, 0.4) is 0 Å². The van der Waals surface area contributed by atoms with Crippen LogP contribution < -0.4 is 15.2 Å². The number of nitrogens with two attached hydrogens (primary N) is 1. The molecule has 22 heavy (non-hydrogen) atoms. The summed E-state index contributed by atoms with van der Waals surface area (Å²) in [7, 11) is 1.58. The average Bonchev–Trinajstić information content (AvgIpc) is 2.55. The normalized spacial score (nSPS) is 19.6. The zero-order valence-electron chi connectivity index (χ0n) is 13.7. The number of hydrogen-bond acceptors (Lipinski definition) is 4. The molecule has 0 aromatic heterocycles. The van der Waals surface area contributed by atoms with Crippen LogP contribution in [0.5, 0.6) is 11.5 Å². The number of piperidine rings is 1. The highest BCUT2D eigenvalue weighted by molar-refractivity contribution is 5.95. The summed E-state index contributed by atoms with van der Waals surface area (Å²) in [5, 5.41) is 0. The summed E-state index contributed by atoms with van der Waals surface area (Å²) in [6, 6.07) is 5.46. The van der Waals surface area contributed by atoms with Crippen molar-refractivity contribution in [3.8, 4) is 11.5 Å². The Hall–Kier alpha value is -1.75. The van der Waals surface area contributed by atoms with E-state index in [0.717, 1.165) is 25.9 Å². The number of likely N-dealkylation sites (tertiary alicyclic amines) is 1. The van der Waals surface area contributed by atoms with Gasteiger partial charge in [0, 0.05) is 24.7 Å². The van der Waals surface area contributed by atoms with Gasteiger partial charge in [-0.1, -0.05) is 0 Å². The first-order valence-electron chi connectivity index (χ1n) is 7.92. The van der Waals surface area contributed by atoms with E-state index in [1.54, 1.807) is 25.3 Å². The van der Waals surface area contributed by atoms with Gasteiger partial charge in [-0.25, -0.2) is 0 Å². The molecule has 1 amide bonds. The van der Waals surface area contributed by atoms with Gasteiger partial charge in [0.1, 0.15) is 0 Å².